The van der Waals surface area contributed by atoms with Gasteiger partial charge in [0.1, 0.15) is 0 Å². The van der Waals surface area contributed by atoms with Gasteiger partial charge in [-0.2, -0.15) is 0 Å². The highest BCUT2D eigenvalue weighted by Crippen LogP contribution is 2.22. The lowest BCUT2D eigenvalue weighted by Crippen LogP contribution is -2.02. The van der Waals surface area contributed by atoms with Crippen LogP contribution in [0.1, 0.15) is 73.1 Å². The predicted molar refractivity (Wildman–Crippen MR) is 75.7 cm³/mol. The second-order valence-corrected chi connectivity index (χ2v) is 6.25. The second kappa shape index (κ2) is 8.84. The van der Waals surface area contributed by atoms with Gasteiger partial charge in [0.05, 0.1) is 0 Å². The van der Waals surface area contributed by atoms with Crippen LogP contribution in [0.4, 0.5) is 0 Å². The number of hydrogen-bond acceptors (Lipinski definition) is 0. The molecule has 0 aliphatic carbocycles. The van der Waals surface area contributed by atoms with Crippen LogP contribution in [0.15, 0.2) is 12.2 Å². The van der Waals surface area contributed by atoms with Gasteiger partial charge in [-0.15, -0.1) is 6.58 Å². The first kappa shape index (κ1) is 15.7. The molecule has 0 aromatic rings. The van der Waals surface area contributed by atoms with Crippen molar-refractivity contribution in [3.63, 3.8) is 0 Å². The van der Waals surface area contributed by atoms with Crippen molar-refractivity contribution >= 4 is 0 Å². The molecule has 0 nitrogen and oxygen atoms in total. The lowest BCUT2D eigenvalue weighted by atomic mass is 9.90. The van der Waals surface area contributed by atoms with E-state index < -0.39 is 0 Å². The Morgan fingerprint density at radius 3 is 1.69 bits per heavy atom. The van der Waals surface area contributed by atoms with Gasteiger partial charge in [-0.3, -0.25) is 0 Å². The molecule has 2 unspecified atom stereocenters. The molecule has 0 saturated heterocycles. The summed E-state index contributed by atoms with van der Waals surface area (Å²) in [5.74, 6) is 2.65. The summed E-state index contributed by atoms with van der Waals surface area (Å²) in [5.41, 5.74) is 1.33. The van der Waals surface area contributed by atoms with E-state index in [1.54, 1.807) is 0 Å². The van der Waals surface area contributed by atoms with Crippen molar-refractivity contribution in [2.24, 2.45) is 17.8 Å². The van der Waals surface area contributed by atoms with Crippen molar-refractivity contribution in [3.8, 4) is 0 Å². The van der Waals surface area contributed by atoms with E-state index in [1.807, 2.05) is 0 Å². The molecule has 0 N–H and O–H groups in total. The molecule has 0 amide bonds. The molecular weight excluding hydrogens is 192 g/mol. The third-order valence-corrected chi connectivity index (χ3v) is 3.45. The van der Waals surface area contributed by atoms with Gasteiger partial charge < -0.3 is 0 Å². The Bertz CT molecular complexity index is 178. The zero-order valence-corrected chi connectivity index (χ0v) is 12.2. The van der Waals surface area contributed by atoms with E-state index in [0.29, 0.717) is 0 Å². The molecule has 0 bridgehead atoms. The van der Waals surface area contributed by atoms with E-state index in [1.165, 1.54) is 44.1 Å². The normalized spacial score (nSPS) is 15.1. The number of rotatable bonds is 9. The van der Waals surface area contributed by atoms with E-state index in [0.717, 1.165) is 17.8 Å². The summed E-state index contributed by atoms with van der Waals surface area (Å²) in [4.78, 5) is 0. The Kier molecular flexibility index (Phi) is 8.70. The lowest BCUT2D eigenvalue weighted by molar-refractivity contribution is 0.374. The van der Waals surface area contributed by atoms with Crippen molar-refractivity contribution in [3.05, 3.63) is 12.2 Å². The van der Waals surface area contributed by atoms with Crippen LogP contribution >= 0.6 is 0 Å². The Hall–Kier alpha value is -0.260. The fourth-order valence-electron chi connectivity index (χ4n) is 1.97. The third kappa shape index (κ3) is 10.3. The summed E-state index contributed by atoms with van der Waals surface area (Å²) >= 11 is 0. The summed E-state index contributed by atoms with van der Waals surface area (Å²) < 4.78 is 0. The monoisotopic (exact) mass is 224 g/mol. The molecule has 0 radical (unpaired) electrons. The van der Waals surface area contributed by atoms with Crippen LogP contribution in [0, 0.1) is 17.8 Å². The van der Waals surface area contributed by atoms with Gasteiger partial charge in [-0.25, -0.2) is 0 Å². The predicted octanol–water partition coefficient (Wildman–Crippen LogP) is 5.83. The smallest absolute Gasteiger partial charge is 0.0323 e. The topological polar surface area (TPSA) is 0 Å². The largest absolute Gasteiger partial charge is 0.100 e. The van der Waals surface area contributed by atoms with Gasteiger partial charge in [0.2, 0.25) is 0 Å². The Labute approximate surface area is 104 Å². The lowest BCUT2D eigenvalue weighted by Gasteiger charge is -2.16. The molecule has 0 rings (SSSR count). The van der Waals surface area contributed by atoms with E-state index in [9.17, 15) is 0 Å². The van der Waals surface area contributed by atoms with Gasteiger partial charge in [-0.1, -0.05) is 59.0 Å². The molecule has 0 aromatic heterocycles. The SMILES string of the molecule is C=C(C)CCC(C)CCC(C)CCC(C)C. The van der Waals surface area contributed by atoms with E-state index in [-0.39, 0.29) is 0 Å². The van der Waals surface area contributed by atoms with Crippen LogP contribution in [0.3, 0.4) is 0 Å². The Balaban J connectivity index is 3.50. The van der Waals surface area contributed by atoms with Crippen molar-refractivity contribution in [1.29, 1.82) is 0 Å². The average molecular weight is 224 g/mol. The maximum atomic E-state index is 3.97. The van der Waals surface area contributed by atoms with Gasteiger partial charge in [0.15, 0.2) is 0 Å². The number of hydrogen-bond donors (Lipinski definition) is 0. The maximum Gasteiger partial charge on any atom is -0.0323 e. The fraction of sp³-hybridized carbons (Fsp3) is 0.875. The Morgan fingerprint density at radius 2 is 1.25 bits per heavy atom. The second-order valence-electron chi connectivity index (χ2n) is 6.25. The van der Waals surface area contributed by atoms with Crippen LogP contribution < -0.4 is 0 Å². The Morgan fingerprint density at radius 1 is 0.812 bits per heavy atom. The van der Waals surface area contributed by atoms with Crippen molar-refractivity contribution in [2.45, 2.75) is 73.1 Å². The average Bonchev–Trinajstić information content (AvgIpc) is 2.20. The molecule has 0 aromatic carbocycles. The van der Waals surface area contributed by atoms with Crippen LogP contribution in [0.5, 0.6) is 0 Å². The summed E-state index contributed by atoms with van der Waals surface area (Å²) in [6.07, 6.45) is 8.14. The molecule has 0 saturated carbocycles. The van der Waals surface area contributed by atoms with Crippen molar-refractivity contribution in [1.82, 2.24) is 0 Å². The highest BCUT2D eigenvalue weighted by Gasteiger charge is 2.07. The van der Waals surface area contributed by atoms with Crippen molar-refractivity contribution in [2.75, 3.05) is 0 Å². The fourth-order valence-corrected chi connectivity index (χ4v) is 1.97. The van der Waals surface area contributed by atoms with Crippen LogP contribution in [0.2, 0.25) is 0 Å². The highest BCUT2D eigenvalue weighted by molar-refractivity contribution is 4.87. The third-order valence-electron chi connectivity index (χ3n) is 3.45. The maximum absolute atomic E-state index is 3.97. The van der Waals surface area contributed by atoms with Gasteiger partial charge >= 0.3 is 0 Å². The highest BCUT2D eigenvalue weighted by atomic mass is 14.1. The molecule has 2 atom stereocenters. The first-order chi connectivity index (χ1) is 7.41. The minimum Gasteiger partial charge on any atom is -0.100 e. The van der Waals surface area contributed by atoms with Crippen LogP contribution in [0.25, 0.3) is 0 Å². The molecule has 0 aliphatic heterocycles. The first-order valence-corrected chi connectivity index (χ1v) is 7.06. The van der Waals surface area contributed by atoms with E-state index >= 15 is 0 Å². The standard InChI is InChI=1S/C16H32/c1-13(2)7-9-15(5)11-12-16(6)10-8-14(3)4/h14-16H,1,7-12H2,2-6H3. The van der Waals surface area contributed by atoms with E-state index in [4.69, 9.17) is 0 Å². The molecule has 0 heterocycles. The molecule has 16 heavy (non-hydrogen) atoms. The zero-order valence-electron chi connectivity index (χ0n) is 12.2. The molecule has 0 fully saturated rings. The first-order valence-electron chi connectivity index (χ1n) is 7.06. The summed E-state index contributed by atoms with van der Waals surface area (Å²) in [6.45, 7) is 15.5. The minimum absolute atomic E-state index is 0.864. The molecule has 0 aliphatic rings. The number of allylic oxidation sites excluding steroid dienone is 1. The van der Waals surface area contributed by atoms with Gasteiger partial charge in [-0.05, 0) is 37.5 Å². The molecule has 0 spiro atoms. The van der Waals surface area contributed by atoms with Crippen LogP contribution in [-0.4, -0.2) is 0 Å². The summed E-state index contributed by atoms with van der Waals surface area (Å²) in [7, 11) is 0. The zero-order chi connectivity index (χ0) is 12.6. The van der Waals surface area contributed by atoms with E-state index in [2.05, 4.69) is 41.2 Å². The quantitative estimate of drug-likeness (QED) is 0.432. The molecule has 0 heteroatoms. The van der Waals surface area contributed by atoms with Gasteiger partial charge in [0.25, 0.3) is 0 Å². The molecule has 96 valence electrons. The summed E-state index contributed by atoms with van der Waals surface area (Å²) in [6, 6.07) is 0. The van der Waals surface area contributed by atoms with Crippen LogP contribution in [-0.2, 0) is 0 Å². The van der Waals surface area contributed by atoms with Crippen molar-refractivity contribution < 1.29 is 0 Å². The van der Waals surface area contributed by atoms with Gasteiger partial charge in [0, 0.05) is 0 Å². The summed E-state index contributed by atoms with van der Waals surface area (Å²) in [5, 5.41) is 0. The molecular formula is C16H32. The minimum atomic E-state index is 0.864.